The summed E-state index contributed by atoms with van der Waals surface area (Å²) in [5.74, 6) is 0. The van der Waals surface area contributed by atoms with Crippen LogP contribution in [0.2, 0.25) is 0 Å². The van der Waals surface area contributed by atoms with E-state index in [0.29, 0.717) is 6.54 Å². The topological polar surface area (TPSA) is 33.1 Å². The van der Waals surface area contributed by atoms with Gasteiger partial charge in [-0.3, -0.25) is 4.68 Å². The van der Waals surface area contributed by atoms with Gasteiger partial charge in [-0.25, -0.2) is 0 Å². The van der Waals surface area contributed by atoms with Gasteiger partial charge in [0.2, 0.25) is 0 Å². The lowest BCUT2D eigenvalue weighted by molar-refractivity contribution is -0.142. The summed E-state index contributed by atoms with van der Waals surface area (Å²) in [5, 5.41) is 6.92. The molecule has 0 radical (unpaired) electrons. The van der Waals surface area contributed by atoms with Crippen LogP contribution in [0.15, 0.2) is 12.4 Å². The molecule has 0 aliphatic heterocycles. The van der Waals surface area contributed by atoms with E-state index in [4.69, 9.17) is 0 Å². The fourth-order valence-corrected chi connectivity index (χ4v) is 1.97. The van der Waals surface area contributed by atoms with Crippen molar-refractivity contribution in [3.8, 4) is 0 Å². The molecule has 1 N–H and O–H groups in total. The Balaban J connectivity index is 2.19. The molecule has 0 fully saturated rings. The second kappa shape index (κ2) is 8.26. The van der Waals surface area contributed by atoms with Gasteiger partial charge in [-0.2, -0.15) is 18.3 Å². The van der Waals surface area contributed by atoms with E-state index in [-0.39, 0.29) is 0 Å². The van der Waals surface area contributed by atoms with Crippen molar-refractivity contribution in [2.75, 3.05) is 26.2 Å². The fraction of sp³-hybridized carbons (Fsp3) is 0.769. The van der Waals surface area contributed by atoms with Gasteiger partial charge in [-0.1, -0.05) is 13.8 Å². The fourth-order valence-electron chi connectivity index (χ4n) is 1.97. The van der Waals surface area contributed by atoms with Crippen LogP contribution in [0.3, 0.4) is 0 Å². The first-order valence-corrected chi connectivity index (χ1v) is 6.95. The van der Waals surface area contributed by atoms with Gasteiger partial charge < -0.3 is 10.2 Å². The summed E-state index contributed by atoms with van der Waals surface area (Å²) < 4.78 is 37.4. The predicted octanol–water partition coefficient (Wildman–Crippen LogP) is 2.27. The largest absolute Gasteiger partial charge is 0.408 e. The van der Waals surface area contributed by atoms with E-state index in [1.807, 2.05) is 0 Å². The molecule has 0 saturated heterocycles. The standard InChI is InChI=1S/C13H23F3N4/c1-3-19(4-2)7-5-6-17-8-12-9-18-20(10-12)11-13(14,15)16/h9-10,17H,3-8,11H2,1-2H3. The molecule has 1 aromatic heterocycles. The highest BCUT2D eigenvalue weighted by Crippen LogP contribution is 2.16. The zero-order valence-electron chi connectivity index (χ0n) is 12.1. The van der Waals surface area contributed by atoms with Crippen molar-refractivity contribution in [2.24, 2.45) is 0 Å². The molecule has 0 atom stereocenters. The van der Waals surface area contributed by atoms with Gasteiger partial charge in [0.15, 0.2) is 0 Å². The maximum absolute atomic E-state index is 12.2. The molecule has 0 spiro atoms. The molecule has 0 unspecified atom stereocenters. The van der Waals surface area contributed by atoms with Crippen molar-refractivity contribution in [3.63, 3.8) is 0 Å². The minimum absolute atomic E-state index is 0.552. The summed E-state index contributed by atoms with van der Waals surface area (Å²) in [6, 6.07) is 0. The molecular formula is C13H23F3N4. The van der Waals surface area contributed by atoms with Crippen molar-refractivity contribution >= 4 is 0 Å². The molecule has 1 rings (SSSR count). The number of hydrogen-bond acceptors (Lipinski definition) is 3. The molecule has 1 heterocycles. The van der Waals surface area contributed by atoms with Crippen LogP contribution in [0.5, 0.6) is 0 Å². The Morgan fingerprint density at radius 2 is 2.00 bits per heavy atom. The molecule has 1 aromatic rings. The first-order chi connectivity index (χ1) is 9.44. The minimum Gasteiger partial charge on any atom is -0.313 e. The van der Waals surface area contributed by atoms with Gasteiger partial charge in [0.25, 0.3) is 0 Å². The number of nitrogens with zero attached hydrogens (tertiary/aromatic N) is 3. The maximum atomic E-state index is 12.2. The highest BCUT2D eigenvalue weighted by molar-refractivity contribution is 5.03. The van der Waals surface area contributed by atoms with Crippen LogP contribution in [0.4, 0.5) is 13.2 Å². The van der Waals surface area contributed by atoms with Gasteiger partial charge in [-0.15, -0.1) is 0 Å². The average Bonchev–Trinajstić information content (AvgIpc) is 2.79. The molecule has 0 aliphatic carbocycles. The Hall–Kier alpha value is -1.08. The van der Waals surface area contributed by atoms with E-state index >= 15 is 0 Å². The van der Waals surface area contributed by atoms with Crippen LogP contribution >= 0.6 is 0 Å². The highest BCUT2D eigenvalue weighted by atomic mass is 19.4. The monoisotopic (exact) mass is 292 g/mol. The second-order valence-electron chi connectivity index (χ2n) is 4.72. The van der Waals surface area contributed by atoms with Gasteiger partial charge in [0.05, 0.1) is 6.20 Å². The molecule has 0 bridgehead atoms. The first kappa shape index (κ1) is 17.0. The Morgan fingerprint density at radius 3 is 2.60 bits per heavy atom. The van der Waals surface area contributed by atoms with Crippen LogP contribution in [-0.4, -0.2) is 47.0 Å². The molecule has 0 aromatic carbocycles. The third kappa shape index (κ3) is 6.91. The van der Waals surface area contributed by atoms with Gasteiger partial charge in [0, 0.05) is 18.3 Å². The number of hydrogen-bond donors (Lipinski definition) is 1. The zero-order chi connectivity index (χ0) is 15.0. The van der Waals surface area contributed by atoms with Crippen LogP contribution in [-0.2, 0) is 13.1 Å². The summed E-state index contributed by atoms with van der Waals surface area (Å²) in [4.78, 5) is 2.34. The number of aromatic nitrogens is 2. The Morgan fingerprint density at radius 1 is 1.30 bits per heavy atom. The van der Waals surface area contributed by atoms with Crippen molar-refractivity contribution in [1.29, 1.82) is 0 Å². The van der Waals surface area contributed by atoms with E-state index in [1.54, 1.807) is 0 Å². The molecule has 20 heavy (non-hydrogen) atoms. The quantitative estimate of drug-likeness (QED) is 0.709. The highest BCUT2D eigenvalue weighted by Gasteiger charge is 2.28. The second-order valence-corrected chi connectivity index (χ2v) is 4.72. The Kier molecular flexibility index (Phi) is 7.01. The minimum atomic E-state index is -4.22. The summed E-state index contributed by atoms with van der Waals surface area (Å²) >= 11 is 0. The van der Waals surface area contributed by atoms with Crippen LogP contribution in [0.25, 0.3) is 0 Å². The van der Waals surface area contributed by atoms with Gasteiger partial charge >= 0.3 is 6.18 Å². The van der Waals surface area contributed by atoms with E-state index in [2.05, 4.69) is 29.2 Å². The van der Waals surface area contributed by atoms with Crippen LogP contribution in [0, 0.1) is 0 Å². The normalized spacial score (nSPS) is 12.3. The van der Waals surface area contributed by atoms with Crippen LogP contribution < -0.4 is 5.32 Å². The lowest BCUT2D eigenvalue weighted by Gasteiger charge is -2.17. The summed E-state index contributed by atoms with van der Waals surface area (Å²) in [7, 11) is 0. The van der Waals surface area contributed by atoms with Crippen molar-refractivity contribution in [2.45, 2.75) is 39.5 Å². The third-order valence-corrected chi connectivity index (χ3v) is 3.08. The predicted molar refractivity (Wildman–Crippen MR) is 72.4 cm³/mol. The molecule has 4 nitrogen and oxygen atoms in total. The van der Waals surface area contributed by atoms with E-state index < -0.39 is 12.7 Å². The summed E-state index contributed by atoms with van der Waals surface area (Å²) in [6.45, 7) is 7.75. The van der Waals surface area contributed by atoms with E-state index in [9.17, 15) is 13.2 Å². The molecule has 7 heteroatoms. The first-order valence-electron chi connectivity index (χ1n) is 6.95. The third-order valence-electron chi connectivity index (χ3n) is 3.08. The molecule has 0 aliphatic rings. The maximum Gasteiger partial charge on any atom is 0.408 e. The number of alkyl halides is 3. The Labute approximate surface area is 117 Å². The lowest BCUT2D eigenvalue weighted by Crippen LogP contribution is -2.27. The molecular weight excluding hydrogens is 269 g/mol. The lowest BCUT2D eigenvalue weighted by atomic mass is 10.3. The van der Waals surface area contributed by atoms with Crippen LogP contribution in [0.1, 0.15) is 25.8 Å². The smallest absolute Gasteiger partial charge is 0.313 e. The average molecular weight is 292 g/mol. The van der Waals surface area contributed by atoms with Crippen molar-refractivity contribution in [3.05, 3.63) is 18.0 Å². The van der Waals surface area contributed by atoms with Gasteiger partial charge in [-0.05, 0) is 32.6 Å². The summed E-state index contributed by atoms with van der Waals surface area (Å²) in [6.07, 6.45) is -0.285. The molecule has 0 saturated carbocycles. The zero-order valence-corrected chi connectivity index (χ0v) is 12.1. The SMILES string of the molecule is CCN(CC)CCCNCc1cnn(CC(F)(F)F)c1. The van der Waals surface area contributed by atoms with Gasteiger partial charge in [0.1, 0.15) is 6.54 Å². The Bertz CT molecular complexity index is 372. The van der Waals surface area contributed by atoms with E-state index in [0.717, 1.165) is 42.8 Å². The van der Waals surface area contributed by atoms with E-state index in [1.165, 1.54) is 12.4 Å². The van der Waals surface area contributed by atoms with Crippen molar-refractivity contribution in [1.82, 2.24) is 20.0 Å². The number of rotatable bonds is 9. The number of nitrogens with one attached hydrogen (secondary N) is 1. The summed E-state index contributed by atoms with van der Waals surface area (Å²) in [5.41, 5.74) is 0.775. The molecule has 0 amide bonds. The molecule has 116 valence electrons. The number of halogens is 3. The van der Waals surface area contributed by atoms with Crippen molar-refractivity contribution < 1.29 is 13.2 Å².